The van der Waals surface area contributed by atoms with Gasteiger partial charge >= 0.3 is 0 Å². The minimum Gasteiger partial charge on any atom is -0.0616 e. The van der Waals surface area contributed by atoms with Crippen LogP contribution in [0, 0.1) is 13.8 Å². The maximum atomic E-state index is 2.42. The Labute approximate surface area is 268 Å². The predicted molar refractivity (Wildman–Crippen MR) is 199 cm³/mol. The molecule has 46 heavy (non-hydrogen) atoms. The topological polar surface area (TPSA) is 0 Å². The maximum absolute atomic E-state index is 2.42. The van der Waals surface area contributed by atoms with E-state index in [4.69, 9.17) is 0 Å². The summed E-state index contributed by atoms with van der Waals surface area (Å²) in [4.78, 5) is 0. The highest BCUT2D eigenvalue weighted by molar-refractivity contribution is 6.28. The number of rotatable bonds is 2. The summed E-state index contributed by atoms with van der Waals surface area (Å²) < 4.78 is 0. The fraction of sp³-hybridized carbons (Fsp3) is 0.0435. The summed E-state index contributed by atoms with van der Waals surface area (Å²) in [7, 11) is 0. The summed E-state index contributed by atoms with van der Waals surface area (Å²) in [6, 6.07) is 54.6. The maximum Gasteiger partial charge on any atom is -0.00197 e. The molecule has 0 unspecified atom stereocenters. The Morgan fingerprint density at radius 3 is 1.74 bits per heavy atom. The second kappa shape index (κ2) is 9.39. The van der Waals surface area contributed by atoms with Crippen molar-refractivity contribution in [1.82, 2.24) is 0 Å². The zero-order valence-electron chi connectivity index (χ0n) is 25.9. The minimum atomic E-state index is 1.24. The van der Waals surface area contributed by atoms with Crippen molar-refractivity contribution >= 4 is 53.9 Å². The molecular formula is C46H30. The molecule has 0 amide bonds. The first-order valence-corrected chi connectivity index (χ1v) is 16.2. The van der Waals surface area contributed by atoms with Gasteiger partial charge in [0.15, 0.2) is 0 Å². The molecule has 0 saturated heterocycles. The van der Waals surface area contributed by atoms with E-state index in [2.05, 4.69) is 159 Å². The molecule has 0 spiro atoms. The second-order valence-electron chi connectivity index (χ2n) is 13.0. The minimum absolute atomic E-state index is 1.24. The van der Waals surface area contributed by atoms with Crippen LogP contribution < -0.4 is 0 Å². The standard InChI is InChI=1S/C46H30/c1-27-21-42-39-11-6-12-40-45-36(26-44(46(39)40)43(42)22-28(27)2)18-17-35-24-33(19-20-38(35)45)31-8-5-9-32(23-31)34-16-15-30-14-13-29-7-3-4-10-37(29)41(30)25-34/h3-26H,1-2H3. The van der Waals surface area contributed by atoms with Crippen LogP contribution in [-0.4, -0.2) is 0 Å². The van der Waals surface area contributed by atoms with Gasteiger partial charge in [-0.3, -0.25) is 0 Å². The molecule has 9 aromatic rings. The SMILES string of the molecule is Cc1cc2c(cc1C)-c1cc3ccc4cc(-c5cccc(-c6ccc7ccc8ccccc8c7c6)c5)ccc4c3c3cccc-2c13. The fourth-order valence-electron chi connectivity index (χ4n) is 7.98. The van der Waals surface area contributed by atoms with Crippen molar-refractivity contribution in [2.24, 2.45) is 0 Å². The van der Waals surface area contributed by atoms with Gasteiger partial charge in [-0.15, -0.1) is 0 Å². The first-order valence-electron chi connectivity index (χ1n) is 16.2. The van der Waals surface area contributed by atoms with Gasteiger partial charge in [0.1, 0.15) is 0 Å². The molecule has 0 fully saturated rings. The van der Waals surface area contributed by atoms with Gasteiger partial charge < -0.3 is 0 Å². The largest absolute Gasteiger partial charge is 0.0616 e. The van der Waals surface area contributed by atoms with Crippen molar-refractivity contribution in [2.75, 3.05) is 0 Å². The Bertz CT molecular complexity index is 2760. The Balaban J connectivity index is 1.11. The molecule has 0 saturated carbocycles. The average molecular weight is 583 g/mol. The van der Waals surface area contributed by atoms with Crippen LogP contribution in [0.1, 0.15) is 11.1 Å². The number of hydrogen-bond acceptors (Lipinski definition) is 0. The van der Waals surface area contributed by atoms with Gasteiger partial charge in [-0.1, -0.05) is 121 Å². The molecule has 1 aliphatic carbocycles. The van der Waals surface area contributed by atoms with E-state index in [9.17, 15) is 0 Å². The van der Waals surface area contributed by atoms with E-state index in [1.165, 1.54) is 109 Å². The van der Waals surface area contributed by atoms with Crippen LogP contribution in [0.3, 0.4) is 0 Å². The van der Waals surface area contributed by atoms with Gasteiger partial charge in [-0.25, -0.2) is 0 Å². The van der Waals surface area contributed by atoms with Gasteiger partial charge in [0.25, 0.3) is 0 Å². The predicted octanol–water partition coefficient (Wildman–Crippen LogP) is 13.1. The van der Waals surface area contributed by atoms with Crippen LogP contribution >= 0.6 is 0 Å². The molecule has 0 bridgehead atoms. The third-order valence-corrected chi connectivity index (χ3v) is 10.4. The van der Waals surface area contributed by atoms with Gasteiger partial charge in [0.2, 0.25) is 0 Å². The van der Waals surface area contributed by atoms with Crippen LogP contribution in [0.4, 0.5) is 0 Å². The van der Waals surface area contributed by atoms with Gasteiger partial charge in [0.05, 0.1) is 0 Å². The highest BCUT2D eigenvalue weighted by Crippen LogP contribution is 2.51. The third kappa shape index (κ3) is 3.62. The van der Waals surface area contributed by atoms with Crippen molar-refractivity contribution in [1.29, 1.82) is 0 Å². The molecule has 214 valence electrons. The molecule has 10 rings (SSSR count). The lowest BCUT2D eigenvalue weighted by molar-refractivity contribution is 1.35. The summed E-state index contributed by atoms with van der Waals surface area (Å²) >= 11 is 0. The number of benzene rings is 9. The van der Waals surface area contributed by atoms with Gasteiger partial charge in [-0.05, 0) is 148 Å². The second-order valence-corrected chi connectivity index (χ2v) is 13.0. The Morgan fingerprint density at radius 1 is 0.283 bits per heavy atom. The van der Waals surface area contributed by atoms with Crippen molar-refractivity contribution < 1.29 is 0 Å². The summed E-state index contributed by atoms with van der Waals surface area (Å²) in [6.07, 6.45) is 0. The zero-order chi connectivity index (χ0) is 30.5. The smallest absolute Gasteiger partial charge is 0.00197 e. The van der Waals surface area contributed by atoms with Crippen LogP contribution in [0.25, 0.3) is 98.4 Å². The molecule has 1 aliphatic rings. The Hall–Kier alpha value is -5.72. The lowest BCUT2D eigenvalue weighted by atomic mass is 9.91. The van der Waals surface area contributed by atoms with Gasteiger partial charge in [-0.2, -0.15) is 0 Å². The van der Waals surface area contributed by atoms with E-state index >= 15 is 0 Å². The van der Waals surface area contributed by atoms with Crippen molar-refractivity contribution in [2.45, 2.75) is 13.8 Å². The first kappa shape index (κ1) is 25.6. The summed E-state index contributed by atoms with van der Waals surface area (Å²) in [6.45, 7) is 4.45. The highest BCUT2D eigenvalue weighted by atomic mass is 14.3. The lowest BCUT2D eigenvalue weighted by Crippen LogP contribution is -1.86. The number of fused-ring (bicyclic) bond motifs is 10. The van der Waals surface area contributed by atoms with E-state index in [-0.39, 0.29) is 0 Å². The number of hydrogen-bond donors (Lipinski definition) is 0. The molecule has 9 aromatic carbocycles. The molecule has 0 atom stereocenters. The third-order valence-electron chi connectivity index (χ3n) is 10.4. The molecule has 0 heterocycles. The normalized spacial score (nSPS) is 12.1. The van der Waals surface area contributed by atoms with Crippen LogP contribution in [0.5, 0.6) is 0 Å². The van der Waals surface area contributed by atoms with Crippen LogP contribution in [0.15, 0.2) is 146 Å². The van der Waals surface area contributed by atoms with Crippen molar-refractivity contribution in [3.63, 3.8) is 0 Å². The average Bonchev–Trinajstić information content (AvgIpc) is 3.40. The monoisotopic (exact) mass is 582 g/mol. The molecular weight excluding hydrogens is 553 g/mol. The van der Waals surface area contributed by atoms with E-state index in [0.29, 0.717) is 0 Å². The summed E-state index contributed by atoms with van der Waals surface area (Å²) in [5.74, 6) is 0. The van der Waals surface area contributed by atoms with E-state index in [0.717, 1.165) is 0 Å². The summed E-state index contributed by atoms with van der Waals surface area (Å²) in [5, 5.41) is 13.1. The molecule has 0 N–H and O–H groups in total. The highest BCUT2D eigenvalue weighted by Gasteiger charge is 2.24. The van der Waals surface area contributed by atoms with Crippen molar-refractivity contribution in [3.05, 3.63) is 157 Å². The van der Waals surface area contributed by atoms with Gasteiger partial charge in [0, 0.05) is 0 Å². The summed E-state index contributed by atoms with van der Waals surface area (Å²) in [5.41, 5.74) is 13.1. The molecule has 0 heteroatoms. The Kier molecular flexibility index (Phi) is 5.23. The first-order chi connectivity index (χ1) is 22.6. The molecule has 0 aromatic heterocycles. The fourth-order valence-corrected chi connectivity index (χ4v) is 7.98. The quantitative estimate of drug-likeness (QED) is 0.178. The molecule has 0 aliphatic heterocycles. The zero-order valence-corrected chi connectivity index (χ0v) is 25.9. The Morgan fingerprint density at radius 2 is 0.891 bits per heavy atom. The van der Waals surface area contributed by atoms with Crippen LogP contribution in [0.2, 0.25) is 0 Å². The van der Waals surface area contributed by atoms with E-state index < -0.39 is 0 Å². The van der Waals surface area contributed by atoms with E-state index in [1.807, 2.05) is 0 Å². The van der Waals surface area contributed by atoms with Crippen molar-refractivity contribution in [3.8, 4) is 44.5 Å². The number of aryl methyl sites for hydroxylation is 2. The molecule has 0 nitrogen and oxygen atoms in total. The van der Waals surface area contributed by atoms with Crippen LogP contribution in [-0.2, 0) is 0 Å². The lowest BCUT2D eigenvalue weighted by Gasteiger charge is -2.13. The molecule has 0 radical (unpaired) electrons. The van der Waals surface area contributed by atoms with E-state index in [1.54, 1.807) is 0 Å².